The van der Waals surface area contributed by atoms with Gasteiger partial charge in [0.2, 0.25) is 0 Å². The molecule has 2 heterocycles. The first-order valence-corrected chi connectivity index (χ1v) is 7.51. The molecule has 1 fully saturated rings. The van der Waals surface area contributed by atoms with Crippen molar-refractivity contribution in [1.29, 1.82) is 0 Å². The zero-order valence-electron chi connectivity index (χ0n) is 14.0. The Morgan fingerprint density at radius 3 is 2.58 bits per heavy atom. The maximum atomic E-state index is 13.0. The number of piperazine rings is 1. The summed E-state index contributed by atoms with van der Waals surface area (Å²) in [7, 11) is 6.25. The summed E-state index contributed by atoms with van der Waals surface area (Å²) in [6, 6.07) is 1.88. The van der Waals surface area contributed by atoms with Gasteiger partial charge < -0.3 is 15.1 Å². The molecule has 5 nitrogen and oxygen atoms in total. The molecule has 1 N–H and O–H groups in total. The SMILES string of the molecule is CNC(=O)N1CCN(c2ncccc2C(F)(F)F)CC1C.[B]=CC. The van der Waals surface area contributed by atoms with Crippen LogP contribution >= 0.6 is 0 Å². The van der Waals surface area contributed by atoms with E-state index in [1.54, 1.807) is 23.6 Å². The van der Waals surface area contributed by atoms with E-state index in [9.17, 15) is 18.0 Å². The van der Waals surface area contributed by atoms with Crippen molar-refractivity contribution in [2.24, 2.45) is 0 Å². The second kappa shape index (κ2) is 8.70. The Balaban J connectivity index is 0.000000891. The van der Waals surface area contributed by atoms with Crippen LogP contribution in [0.4, 0.5) is 23.8 Å². The number of amides is 2. The number of nitrogens with one attached hydrogen (secondary N) is 1. The number of halogens is 3. The minimum absolute atomic E-state index is 0.0755. The third kappa shape index (κ3) is 4.97. The van der Waals surface area contributed by atoms with Crippen LogP contribution in [0.25, 0.3) is 0 Å². The third-order valence-electron chi connectivity index (χ3n) is 3.49. The van der Waals surface area contributed by atoms with Gasteiger partial charge in [-0.25, -0.2) is 9.78 Å². The zero-order chi connectivity index (χ0) is 18.3. The normalized spacial score (nSPS) is 17.6. The van der Waals surface area contributed by atoms with Crippen molar-refractivity contribution in [2.45, 2.75) is 26.1 Å². The summed E-state index contributed by atoms with van der Waals surface area (Å²) >= 11 is 0. The predicted octanol–water partition coefficient (Wildman–Crippen LogP) is 1.93. The van der Waals surface area contributed by atoms with Crippen LogP contribution in [0.3, 0.4) is 0 Å². The number of aromatic nitrogens is 1. The number of alkyl halides is 3. The van der Waals surface area contributed by atoms with E-state index in [1.165, 1.54) is 25.3 Å². The van der Waals surface area contributed by atoms with E-state index >= 15 is 0 Å². The van der Waals surface area contributed by atoms with Gasteiger partial charge >= 0.3 is 32.6 Å². The second-order valence-corrected chi connectivity index (χ2v) is 5.25. The van der Waals surface area contributed by atoms with E-state index in [2.05, 4.69) is 10.3 Å². The van der Waals surface area contributed by atoms with Crippen LogP contribution < -0.4 is 10.2 Å². The average molecular weight is 341 g/mol. The van der Waals surface area contributed by atoms with Crippen molar-refractivity contribution < 1.29 is 18.0 Å². The molecular weight excluding hydrogens is 320 g/mol. The van der Waals surface area contributed by atoms with E-state index < -0.39 is 11.7 Å². The molecule has 9 heteroatoms. The predicted molar refractivity (Wildman–Crippen MR) is 89.6 cm³/mol. The summed E-state index contributed by atoms with van der Waals surface area (Å²) in [6.07, 6.45) is -3.09. The molecule has 24 heavy (non-hydrogen) atoms. The molecular formula is C15H21BF3N4O. The number of pyridine rings is 1. The summed E-state index contributed by atoms with van der Waals surface area (Å²) < 4.78 is 39.1. The van der Waals surface area contributed by atoms with Crippen LogP contribution in [-0.2, 0) is 6.18 Å². The van der Waals surface area contributed by atoms with E-state index in [0.717, 1.165) is 6.07 Å². The Hall–Kier alpha value is -2.06. The Morgan fingerprint density at radius 1 is 1.46 bits per heavy atom. The molecule has 0 spiro atoms. The molecule has 0 aliphatic carbocycles. The number of carbonyl (C=O) groups excluding carboxylic acids is 1. The molecule has 1 unspecified atom stereocenters. The monoisotopic (exact) mass is 341 g/mol. The van der Waals surface area contributed by atoms with E-state index in [0.29, 0.717) is 19.6 Å². The van der Waals surface area contributed by atoms with Crippen molar-refractivity contribution in [3.63, 3.8) is 0 Å². The standard InChI is InChI=1S/C13H17F3N4O.C2H4B/c1-9-8-19(6-7-20(9)12(21)17-2)11-10(13(14,15)16)4-3-5-18-11;1-2-3/h3-5,9H,6-8H2,1-2H3,(H,17,21);2H,1H3. The van der Waals surface area contributed by atoms with Crippen LogP contribution in [0.15, 0.2) is 18.3 Å². The Kier molecular flexibility index (Phi) is 7.25. The first-order valence-electron chi connectivity index (χ1n) is 7.51. The second-order valence-electron chi connectivity index (χ2n) is 5.25. The number of rotatable bonds is 1. The molecule has 2 rings (SSSR count). The van der Waals surface area contributed by atoms with Gasteiger partial charge in [0.25, 0.3) is 0 Å². The number of hydrogen-bond donors (Lipinski definition) is 1. The number of nitrogens with zero attached hydrogens (tertiary/aromatic N) is 3. The van der Waals surface area contributed by atoms with Gasteiger partial charge in [-0.15, -0.1) is 0 Å². The number of urea groups is 1. The van der Waals surface area contributed by atoms with E-state index in [4.69, 9.17) is 7.49 Å². The van der Waals surface area contributed by atoms with E-state index in [-0.39, 0.29) is 17.9 Å². The zero-order valence-corrected chi connectivity index (χ0v) is 14.0. The first kappa shape index (κ1) is 20.0. The number of anilines is 1. The van der Waals surface area contributed by atoms with Crippen molar-refractivity contribution in [3.05, 3.63) is 23.9 Å². The van der Waals surface area contributed by atoms with Gasteiger partial charge in [-0.2, -0.15) is 13.2 Å². The molecule has 1 saturated heterocycles. The molecule has 1 atom stereocenters. The van der Waals surface area contributed by atoms with Crippen molar-refractivity contribution in [1.82, 2.24) is 15.2 Å². The van der Waals surface area contributed by atoms with Gasteiger partial charge in [0, 0.05) is 38.9 Å². The molecule has 1 aliphatic rings. The third-order valence-corrected chi connectivity index (χ3v) is 3.49. The molecule has 0 bridgehead atoms. The summed E-state index contributed by atoms with van der Waals surface area (Å²) in [4.78, 5) is 18.7. The van der Waals surface area contributed by atoms with Crippen molar-refractivity contribution >= 4 is 25.3 Å². The summed E-state index contributed by atoms with van der Waals surface area (Å²) in [5.41, 5.74) is -0.745. The Bertz CT molecular complexity index is 568. The van der Waals surface area contributed by atoms with Crippen LogP contribution in [0.2, 0.25) is 0 Å². The molecule has 131 valence electrons. The van der Waals surface area contributed by atoms with Gasteiger partial charge in [0.05, 0.1) is 5.56 Å². The fourth-order valence-electron chi connectivity index (χ4n) is 2.47. The van der Waals surface area contributed by atoms with Gasteiger partial charge in [-0.3, -0.25) is 0 Å². The molecule has 0 aromatic carbocycles. The Labute approximate surface area is 140 Å². The summed E-state index contributed by atoms with van der Waals surface area (Å²) in [5, 5.41) is 2.53. The molecule has 1 aromatic heterocycles. The first-order chi connectivity index (χ1) is 11.3. The number of hydrogen-bond acceptors (Lipinski definition) is 3. The van der Waals surface area contributed by atoms with Gasteiger partial charge in [0.1, 0.15) is 5.82 Å². The quantitative estimate of drug-likeness (QED) is 0.794. The average Bonchev–Trinajstić information content (AvgIpc) is 2.54. The van der Waals surface area contributed by atoms with Gasteiger partial charge in [-0.05, 0) is 19.1 Å². The van der Waals surface area contributed by atoms with Crippen molar-refractivity contribution in [3.8, 4) is 0 Å². The maximum absolute atomic E-state index is 13.0. The molecule has 1 aromatic rings. The van der Waals surface area contributed by atoms with Gasteiger partial charge in [0.15, 0.2) is 0 Å². The van der Waals surface area contributed by atoms with Crippen LogP contribution in [0.1, 0.15) is 19.4 Å². The molecule has 1 radical (unpaired) electrons. The summed E-state index contributed by atoms with van der Waals surface area (Å²) in [6.45, 7) is 4.57. The Morgan fingerprint density at radius 2 is 2.08 bits per heavy atom. The topological polar surface area (TPSA) is 48.5 Å². The summed E-state index contributed by atoms with van der Waals surface area (Å²) in [5.74, 6) is 1.42. The molecule has 0 saturated carbocycles. The fourth-order valence-corrected chi connectivity index (χ4v) is 2.47. The number of carbonyl (C=O) groups is 1. The molecule has 2 amide bonds. The van der Waals surface area contributed by atoms with Gasteiger partial charge in [-0.1, -0.05) is 0 Å². The van der Waals surface area contributed by atoms with Crippen LogP contribution in [0.5, 0.6) is 0 Å². The van der Waals surface area contributed by atoms with Crippen LogP contribution in [0, 0.1) is 0 Å². The van der Waals surface area contributed by atoms with Crippen molar-refractivity contribution in [2.75, 3.05) is 31.6 Å². The van der Waals surface area contributed by atoms with E-state index in [1.807, 2.05) is 0 Å². The van der Waals surface area contributed by atoms with Crippen LogP contribution in [-0.4, -0.2) is 62.1 Å². The minimum atomic E-state index is -4.44. The molecule has 1 aliphatic heterocycles. The fraction of sp³-hybridized carbons (Fsp3) is 0.533.